The molecule has 0 atom stereocenters. The molecule has 0 amide bonds. The number of alkyl halides is 3. The van der Waals surface area contributed by atoms with Crippen LogP contribution in [-0.2, 0) is 10.7 Å². The van der Waals surface area contributed by atoms with E-state index >= 15 is 0 Å². The van der Waals surface area contributed by atoms with Crippen LogP contribution in [0.25, 0.3) is 0 Å². The minimum absolute atomic E-state index is 0.0148. The van der Waals surface area contributed by atoms with Crippen LogP contribution in [0.5, 0.6) is 11.5 Å². The summed E-state index contributed by atoms with van der Waals surface area (Å²) in [4.78, 5) is 24.7. The molecule has 0 spiro atoms. The summed E-state index contributed by atoms with van der Waals surface area (Å²) in [5, 5.41) is 13.6. The summed E-state index contributed by atoms with van der Waals surface area (Å²) in [5.41, 5.74) is -0.789. The Bertz CT molecular complexity index is 862. The zero-order chi connectivity index (χ0) is 21.5. The fourth-order valence-corrected chi connectivity index (χ4v) is 2.18. The number of ether oxygens (including phenoxy) is 1. The number of nitro benzene ring substituents is 1. The minimum Gasteiger partial charge on any atom is -0.456 e. The Morgan fingerprint density at radius 1 is 1.25 bits per heavy atom. The van der Waals surface area contributed by atoms with Crippen LogP contribution in [0.1, 0.15) is 12.5 Å². The van der Waals surface area contributed by atoms with Gasteiger partial charge in [-0.2, -0.15) is 13.2 Å². The third-order valence-electron chi connectivity index (χ3n) is 3.02. The number of nitrogens with zero attached hydrogens (tertiary/aromatic N) is 1. The van der Waals surface area contributed by atoms with E-state index in [2.05, 4.69) is 5.32 Å². The first-order valence-corrected chi connectivity index (χ1v) is 9.12. The van der Waals surface area contributed by atoms with E-state index in [1.54, 1.807) is 6.92 Å². The number of benzene rings is 2. The normalized spacial score (nSPS) is 10.9. The lowest BCUT2D eigenvalue weighted by Crippen LogP contribution is -2.04. The quantitative estimate of drug-likeness (QED) is 0.343. The molecule has 0 aliphatic carbocycles. The maximum Gasteiger partial charge on any atom is 0.416 e. The van der Waals surface area contributed by atoms with Crippen LogP contribution < -0.4 is 10.1 Å². The Kier molecular flexibility index (Phi) is 8.70. The monoisotopic (exact) mass is 442 g/mol. The summed E-state index contributed by atoms with van der Waals surface area (Å²) < 4.78 is 52.0. The lowest BCUT2D eigenvalue weighted by Gasteiger charge is -2.12. The van der Waals surface area contributed by atoms with E-state index in [0.29, 0.717) is 6.54 Å². The highest BCUT2D eigenvalue weighted by Gasteiger charge is 2.31. The van der Waals surface area contributed by atoms with Crippen molar-refractivity contribution >= 4 is 31.2 Å². The highest BCUT2D eigenvalue weighted by atomic mass is 35.5. The van der Waals surface area contributed by atoms with Crippen LogP contribution in [0.4, 0.5) is 24.5 Å². The summed E-state index contributed by atoms with van der Waals surface area (Å²) in [7, 11) is -3.13. The van der Waals surface area contributed by atoms with Crippen molar-refractivity contribution in [1.82, 2.24) is 0 Å². The van der Waals surface area contributed by atoms with Gasteiger partial charge in [0.25, 0.3) is 5.69 Å². The molecule has 2 aromatic rings. The molecule has 0 radical (unpaired) electrons. The van der Waals surface area contributed by atoms with Crippen LogP contribution in [0, 0.1) is 10.1 Å². The van der Waals surface area contributed by atoms with Gasteiger partial charge in [-0.25, -0.2) is 0 Å². The van der Waals surface area contributed by atoms with Crippen LogP contribution in [0.3, 0.4) is 0 Å². The van der Waals surface area contributed by atoms with Gasteiger partial charge in [0.05, 0.1) is 15.5 Å². The van der Waals surface area contributed by atoms with E-state index in [-0.39, 0.29) is 27.9 Å². The zero-order valence-corrected chi connectivity index (χ0v) is 15.9. The zero-order valence-electron chi connectivity index (χ0n) is 14.2. The van der Waals surface area contributed by atoms with Crippen molar-refractivity contribution in [3.8, 4) is 11.5 Å². The lowest BCUT2D eigenvalue weighted by atomic mass is 10.2. The first-order valence-electron chi connectivity index (χ1n) is 7.44. The average Bonchev–Trinajstić information content (AvgIpc) is 2.55. The van der Waals surface area contributed by atoms with E-state index in [4.69, 9.17) is 30.7 Å². The summed E-state index contributed by atoms with van der Waals surface area (Å²) >= 11 is 5.82. The van der Waals surface area contributed by atoms with Crippen LogP contribution in [0.15, 0.2) is 36.4 Å². The van der Waals surface area contributed by atoms with Gasteiger partial charge >= 0.3 is 14.4 Å². The van der Waals surface area contributed by atoms with Gasteiger partial charge in [-0.05, 0) is 31.2 Å². The number of halogens is 4. The molecular weight excluding hydrogens is 428 g/mol. The summed E-state index contributed by atoms with van der Waals surface area (Å²) in [5.74, 6) is 0.221. The Hall–Kier alpha value is -2.33. The van der Waals surface area contributed by atoms with Gasteiger partial charge in [0.1, 0.15) is 17.2 Å². The van der Waals surface area contributed by atoms with E-state index in [1.165, 1.54) is 18.2 Å². The molecule has 0 unspecified atom stereocenters. The molecule has 154 valence electrons. The van der Waals surface area contributed by atoms with Crippen LogP contribution in [-0.4, -0.2) is 21.3 Å². The first kappa shape index (κ1) is 23.7. The van der Waals surface area contributed by atoms with Crippen molar-refractivity contribution in [2.75, 3.05) is 11.9 Å². The molecule has 0 heterocycles. The molecule has 0 saturated carbocycles. The number of nitro groups is 1. The number of anilines is 1. The van der Waals surface area contributed by atoms with Gasteiger partial charge in [0.15, 0.2) is 0 Å². The Morgan fingerprint density at radius 2 is 1.86 bits per heavy atom. The van der Waals surface area contributed by atoms with Crippen molar-refractivity contribution in [1.29, 1.82) is 0 Å². The predicted molar refractivity (Wildman–Crippen MR) is 97.2 cm³/mol. The molecule has 2 rings (SSSR count). The standard InChI is InChI=1S/C15H12ClF3N2O3.H3O3P/c1-2-20-12-8-10(4-5-13(12)21(22)23)24-14-6-3-9(7-11(14)16)15(17,18)19;1-4(2)3/h3-8,20H,2H2,1H3;4H,(H2,1,2,3). The molecule has 0 saturated heterocycles. The van der Waals surface area contributed by atoms with E-state index in [1.807, 2.05) is 0 Å². The van der Waals surface area contributed by atoms with Gasteiger partial charge < -0.3 is 19.8 Å². The number of hydrogen-bond donors (Lipinski definition) is 3. The molecule has 2 aromatic carbocycles. The minimum atomic E-state index is -4.51. The molecule has 0 bridgehead atoms. The number of nitrogens with one attached hydrogen (secondary N) is 1. The SMILES string of the molecule is CCNc1cc(Oc2ccc(C(F)(F)F)cc2Cl)ccc1[N+](=O)[O-].O=[PH](O)O. The third kappa shape index (κ3) is 7.35. The molecule has 13 heteroatoms. The summed E-state index contributed by atoms with van der Waals surface area (Å²) in [6.07, 6.45) is -4.51. The van der Waals surface area contributed by atoms with Crippen molar-refractivity contribution in [2.45, 2.75) is 13.1 Å². The van der Waals surface area contributed by atoms with Crippen LogP contribution >= 0.6 is 19.9 Å². The third-order valence-corrected chi connectivity index (χ3v) is 3.31. The molecule has 3 N–H and O–H groups in total. The smallest absolute Gasteiger partial charge is 0.416 e. The van der Waals surface area contributed by atoms with Gasteiger partial charge in [0, 0.05) is 18.7 Å². The predicted octanol–water partition coefficient (Wildman–Crippen LogP) is 4.85. The van der Waals surface area contributed by atoms with Crippen molar-refractivity contribution < 1.29 is 37.2 Å². The summed E-state index contributed by atoms with van der Waals surface area (Å²) in [6, 6.07) is 6.67. The van der Waals surface area contributed by atoms with E-state index in [0.717, 1.165) is 18.2 Å². The van der Waals surface area contributed by atoms with Gasteiger partial charge in [-0.15, -0.1) is 0 Å². The topological polar surface area (TPSA) is 122 Å². The molecule has 8 nitrogen and oxygen atoms in total. The van der Waals surface area contributed by atoms with E-state index in [9.17, 15) is 23.3 Å². The molecule has 0 aliphatic rings. The molecular formula is C15H15ClF3N2O6P. The van der Waals surface area contributed by atoms with Gasteiger partial charge in [0.2, 0.25) is 0 Å². The second-order valence-corrected chi connectivity index (χ2v) is 5.97. The first-order chi connectivity index (χ1) is 13.0. The average molecular weight is 443 g/mol. The maximum absolute atomic E-state index is 12.6. The molecule has 0 aromatic heterocycles. The van der Waals surface area contributed by atoms with E-state index < -0.39 is 24.9 Å². The molecule has 28 heavy (non-hydrogen) atoms. The lowest BCUT2D eigenvalue weighted by molar-refractivity contribution is -0.384. The Morgan fingerprint density at radius 3 is 2.32 bits per heavy atom. The summed E-state index contributed by atoms with van der Waals surface area (Å²) in [6.45, 7) is 2.22. The van der Waals surface area contributed by atoms with Crippen molar-refractivity contribution in [3.05, 3.63) is 57.1 Å². The second kappa shape index (κ2) is 10.3. The van der Waals surface area contributed by atoms with Crippen molar-refractivity contribution in [3.63, 3.8) is 0 Å². The number of rotatable bonds is 5. The Labute approximate surface area is 162 Å². The Balaban J connectivity index is 0.000000892. The van der Waals surface area contributed by atoms with Crippen molar-refractivity contribution in [2.24, 2.45) is 0 Å². The second-order valence-electron chi connectivity index (χ2n) is 4.99. The van der Waals surface area contributed by atoms with Gasteiger partial charge in [-0.3, -0.25) is 14.7 Å². The largest absolute Gasteiger partial charge is 0.456 e. The highest BCUT2D eigenvalue weighted by molar-refractivity contribution is 7.30. The fourth-order valence-electron chi connectivity index (χ4n) is 1.96. The van der Waals surface area contributed by atoms with Crippen LogP contribution in [0.2, 0.25) is 5.02 Å². The van der Waals surface area contributed by atoms with Gasteiger partial charge in [-0.1, -0.05) is 11.6 Å². The molecule has 0 fully saturated rings. The fraction of sp³-hybridized carbons (Fsp3) is 0.200. The number of hydrogen-bond acceptors (Lipinski definition) is 5. The highest BCUT2D eigenvalue weighted by Crippen LogP contribution is 2.37. The maximum atomic E-state index is 12.6. The molecule has 0 aliphatic heterocycles.